The molecule has 0 saturated carbocycles. The number of rotatable bonds is 0. The minimum atomic E-state index is 0.167. The zero-order chi connectivity index (χ0) is 17.8. The zero-order valence-electron chi connectivity index (χ0n) is 14.8. The van der Waals surface area contributed by atoms with E-state index in [4.69, 9.17) is 0 Å². The van der Waals surface area contributed by atoms with Crippen LogP contribution in [0.5, 0.6) is 0 Å². The van der Waals surface area contributed by atoms with Crippen LogP contribution in [-0.2, 0) is 4.79 Å². The van der Waals surface area contributed by atoms with Gasteiger partial charge in [0.1, 0.15) is 5.78 Å². The van der Waals surface area contributed by atoms with Gasteiger partial charge in [-0.3, -0.25) is 0 Å². The third kappa shape index (κ3) is 2.01. The van der Waals surface area contributed by atoms with E-state index in [0.29, 0.717) is 0 Å². The number of carbonyl (C=O) groups is 1. The summed E-state index contributed by atoms with van der Waals surface area (Å²) in [7, 11) is 0. The Morgan fingerprint density at radius 2 is 1.12 bits per heavy atom. The molecule has 0 heterocycles. The first kappa shape index (κ1) is 15.1. The van der Waals surface area contributed by atoms with Gasteiger partial charge in [0.15, 0.2) is 0 Å². The van der Waals surface area contributed by atoms with E-state index in [2.05, 4.69) is 72.8 Å². The maximum atomic E-state index is 9.44. The first-order valence-corrected chi connectivity index (χ1v) is 8.92. The summed E-state index contributed by atoms with van der Waals surface area (Å²) >= 11 is 0. The number of hydrogen-bond acceptors (Lipinski definition) is 1. The van der Waals surface area contributed by atoms with Gasteiger partial charge >= 0.3 is 0 Å². The van der Waals surface area contributed by atoms with Gasteiger partial charge in [0.05, 0.1) is 0 Å². The lowest BCUT2D eigenvalue weighted by atomic mass is 9.91. The molecule has 1 heteroatoms. The topological polar surface area (TPSA) is 17.1 Å². The van der Waals surface area contributed by atoms with Crippen LogP contribution in [-0.4, -0.2) is 5.78 Å². The van der Waals surface area contributed by atoms with Crippen molar-refractivity contribution in [3.8, 4) is 22.3 Å². The zero-order valence-corrected chi connectivity index (χ0v) is 14.8. The van der Waals surface area contributed by atoms with Gasteiger partial charge in [0.2, 0.25) is 0 Å². The number of benzene rings is 5. The highest BCUT2D eigenvalue weighted by Gasteiger charge is 2.23. The van der Waals surface area contributed by atoms with Crippen LogP contribution in [0.3, 0.4) is 0 Å². The summed E-state index contributed by atoms with van der Waals surface area (Å²) in [5, 5.41) is 8.30. The van der Waals surface area contributed by atoms with Gasteiger partial charge in [-0.1, -0.05) is 66.7 Å². The molecule has 6 rings (SSSR count). The fourth-order valence-electron chi connectivity index (χ4n) is 4.24. The van der Waals surface area contributed by atoms with E-state index in [0.717, 1.165) is 0 Å². The monoisotopic (exact) mass is 334 g/mol. The first-order chi connectivity index (χ1) is 12.6. The van der Waals surface area contributed by atoms with Gasteiger partial charge in [0, 0.05) is 0 Å². The van der Waals surface area contributed by atoms with Gasteiger partial charge in [-0.05, 0) is 74.5 Å². The molecule has 0 radical (unpaired) electrons. The Bertz CT molecular complexity index is 1310. The largest absolute Gasteiger partial charge is 0.300 e. The van der Waals surface area contributed by atoms with E-state index in [1.54, 1.807) is 0 Å². The average molecular weight is 334 g/mol. The van der Waals surface area contributed by atoms with Gasteiger partial charge in [-0.2, -0.15) is 0 Å². The lowest BCUT2D eigenvalue weighted by Crippen LogP contribution is -1.85. The molecule has 0 amide bonds. The maximum Gasteiger partial charge on any atom is 0.126 e. The molecule has 0 saturated heterocycles. The molecule has 0 bridgehead atoms. The molecule has 26 heavy (non-hydrogen) atoms. The van der Waals surface area contributed by atoms with Crippen LogP contribution in [0.1, 0.15) is 13.8 Å². The lowest BCUT2D eigenvalue weighted by molar-refractivity contribution is -0.114. The highest BCUT2D eigenvalue weighted by molar-refractivity contribution is 6.31. The summed E-state index contributed by atoms with van der Waals surface area (Å²) < 4.78 is 0. The Morgan fingerprint density at radius 1 is 0.538 bits per heavy atom. The Balaban J connectivity index is 0.000000344. The molecule has 0 spiro atoms. The summed E-state index contributed by atoms with van der Waals surface area (Å²) in [4.78, 5) is 9.44. The second-order valence-electron chi connectivity index (χ2n) is 7.11. The fraction of sp³-hybridized carbons (Fsp3) is 0.0800. The molecular weight excluding hydrogens is 316 g/mol. The average Bonchev–Trinajstić information content (AvgIpc) is 2.96. The summed E-state index contributed by atoms with van der Waals surface area (Å²) in [6.07, 6.45) is 0. The molecule has 0 N–H and O–H groups in total. The number of carbonyl (C=O) groups excluding carboxylic acids is 1. The Morgan fingerprint density at radius 3 is 1.85 bits per heavy atom. The van der Waals surface area contributed by atoms with Gasteiger partial charge in [-0.15, -0.1) is 0 Å². The van der Waals surface area contributed by atoms with Crippen molar-refractivity contribution in [1.29, 1.82) is 0 Å². The molecule has 0 aliphatic heterocycles. The molecule has 5 aromatic rings. The van der Waals surface area contributed by atoms with Crippen LogP contribution in [0.15, 0.2) is 72.8 Å². The normalized spacial score (nSPS) is 11.6. The van der Waals surface area contributed by atoms with Crippen LogP contribution in [0, 0.1) is 0 Å². The van der Waals surface area contributed by atoms with Crippen LogP contribution in [0.2, 0.25) is 0 Å². The van der Waals surface area contributed by atoms with Crippen LogP contribution >= 0.6 is 0 Å². The minimum Gasteiger partial charge on any atom is -0.300 e. The first-order valence-electron chi connectivity index (χ1n) is 8.92. The number of fused-ring (bicyclic) bond motifs is 3. The Kier molecular flexibility index (Phi) is 3.14. The maximum absolute atomic E-state index is 9.44. The predicted octanol–water partition coefficient (Wildman–Crippen LogP) is 6.83. The molecule has 0 aromatic heterocycles. The third-order valence-electron chi connectivity index (χ3n) is 5.14. The van der Waals surface area contributed by atoms with Gasteiger partial charge in [0.25, 0.3) is 0 Å². The molecule has 124 valence electrons. The highest BCUT2D eigenvalue weighted by Crippen LogP contribution is 2.51. The van der Waals surface area contributed by atoms with E-state index in [1.165, 1.54) is 68.4 Å². The second-order valence-corrected chi connectivity index (χ2v) is 7.11. The lowest BCUT2D eigenvalue weighted by Gasteiger charge is -2.12. The van der Waals surface area contributed by atoms with Gasteiger partial charge in [-0.25, -0.2) is 0 Å². The third-order valence-corrected chi connectivity index (χ3v) is 5.14. The molecule has 1 aliphatic carbocycles. The molecule has 0 atom stereocenters. The second kappa shape index (κ2) is 5.40. The van der Waals surface area contributed by atoms with Crippen molar-refractivity contribution < 1.29 is 4.79 Å². The summed E-state index contributed by atoms with van der Waals surface area (Å²) in [5.41, 5.74) is 5.52. The molecule has 0 unspecified atom stereocenters. The minimum absolute atomic E-state index is 0.167. The van der Waals surface area contributed by atoms with E-state index in [9.17, 15) is 4.79 Å². The highest BCUT2D eigenvalue weighted by atomic mass is 16.1. The van der Waals surface area contributed by atoms with Crippen molar-refractivity contribution in [2.24, 2.45) is 0 Å². The van der Waals surface area contributed by atoms with Crippen molar-refractivity contribution in [3.05, 3.63) is 72.8 Å². The predicted molar refractivity (Wildman–Crippen MR) is 111 cm³/mol. The molecule has 0 fully saturated rings. The number of Topliss-reactive ketones (excluding diaryl/α,β-unsaturated/α-hetero) is 1. The SMILES string of the molecule is CC(C)=O.c1ccc2c(c1)-c1ccc3ccc4cccc5cc-2c1c3c45. The summed E-state index contributed by atoms with van der Waals surface area (Å²) in [6, 6.07) is 26.8. The van der Waals surface area contributed by atoms with Crippen LogP contribution < -0.4 is 0 Å². The fourth-order valence-corrected chi connectivity index (χ4v) is 4.24. The Hall–Kier alpha value is -3.19. The van der Waals surface area contributed by atoms with E-state index < -0.39 is 0 Å². The van der Waals surface area contributed by atoms with E-state index in [1.807, 2.05) is 0 Å². The standard InChI is InChI=1S/C22H12.C3H6O/c1-2-7-17-16(6-1)18-11-10-14-9-8-13-4-3-5-15-12-19(17)22(18)21(14)20(13)15;1-3(2)4/h1-12H;1-2H3. The summed E-state index contributed by atoms with van der Waals surface area (Å²) in [5.74, 6) is 0.167. The van der Waals surface area contributed by atoms with Crippen LogP contribution in [0.4, 0.5) is 0 Å². The van der Waals surface area contributed by atoms with Crippen molar-refractivity contribution in [2.75, 3.05) is 0 Å². The van der Waals surface area contributed by atoms with Crippen molar-refractivity contribution in [2.45, 2.75) is 13.8 Å². The van der Waals surface area contributed by atoms with Gasteiger partial charge < -0.3 is 4.79 Å². The quantitative estimate of drug-likeness (QED) is 0.278. The van der Waals surface area contributed by atoms with E-state index in [-0.39, 0.29) is 5.78 Å². The van der Waals surface area contributed by atoms with Crippen molar-refractivity contribution >= 4 is 38.1 Å². The summed E-state index contributed by atoms with van der Waals surface area (Å²) in [6.45, 7) is 3.06. The van der Waals surface area contributed by atoms with Crippen molar-refractivity contribution in [3.63, 3.8) is 0 Å². The van der Waals surface area contributed by atoms with Crippen molar-refractivity contribution in [1.82, 2.24) is 0 Å². The number of ketones is 1. The molecular formula is C25H18O. The molecule has 1 aliphatic rings. The van der Waals surface area contributed by atoms with E-state index >= 15 is 0 Å². The van der Waals surface area contributed by atoms with Crippen LogP contribution in [0.25, 0.3) is 54.6 Å². The molecule has 1 nitrogen and oxygen atoms in total. The smallest absolute Gasteiger partial charge is 0.126 e. The molecule has 5 aromatic carbocycles. The number of hydrogen-bond donors (Lipinski definition) is 0. The Labute approximate surface area is 152 Å².